The number of aromatic nitrogens is 6. The van der Waals surface area contributed by atoms with E-state index in [4.69, 9.17) is 19.4 Å². The number of ether oxygens (including phenoxy) is 2. The Kier molecular flexibility index (Phi) is 5.73. The van der Waals surface area contributed by atoms with Crippen LogP contribution in [0.1, 0.15) is 12.1 Å². The van der Waals surface area contributed by atoms with Gasteiger partial charge >= 0.3 is 6.55 Å². The molecule has 172 valence electrons. The van der Waals surface area contributed by atoms with Crippen LogP contribution in [0.25, 0.3) is 16.8 Å². The normalized spacial score (nSPS) is 14.2. The van der Waals surface area contributed by atoms with Gasteiger partial charge < -0.3 is 19.7 Å². The van der Waals surface area contributed by atoms with E-state index in [-0.39, 0.29) is 0 Å². The van der Waals surface area contributed by atoms with E-state index in [0.29, 0.717) is 66.2 Å². The minimum atomic E-state index is -2.72. The number of methoxy groups -OCH3 is 1. The number of fused-ring (bicyclic) bond motifs is 1. The van der Waals surface area contributed by atoms with E-state index in [0.717, 1.165) is 11.3 Å². The largest absolute Gasteiger partial charge is 0.497 e. The highest BCUT2D eigenvalue weighted by Gasteiger charge is 2.21. The molecule has 33 heavy (non-hydrogen) atoms. The molecular formula is C21H22F2N8O2. The lowest BCUT2D eigenvalue weighted by molar-refractivity contribution is 0.0566. The zero-order valence-corrected chi connectivity index (χ0v) is 17.9. The molecule has 0 amide bonds. The molecule has 3 aromatic heterocycles. The van der Waals surface area contributed by atoms with E-state index in [1.807, 2.05) is 29.2 Å². The van der Waals surface area contributed by atoms with E-state index in [2.05, 4.69) is 15.5 Å². The second-order valence-electron chi connectivity index (χ2n) is 7.43. The molecule has 4 heterocycles. The van der Waals surface area contributed by atoms with Gasteiger partial charge in [-0.05, 0) is 17.7 Å². The molecule has 1 aliphatic heterocycles. The molecule has 0 saturated carbocycles. The maximum Gasteiger partial charge on any atom is 0.333 e. The van der Waals surface area contributed by atoms with Gasteiger partial charge in [-0.3, -0.25) is 0 Å². The molecule has 0 spiro atoms. The zero-order chi connectivity index (χ0) is 22.8. The topological polar surface area (TPSA) is 94.6 Å². The van der Waals surface area contributed by atoms with E-state index in [9.17, 15) is 8.78 Å². The SMILES string of the molecule is COc1ccc(CNc2nc(N3CCOCC3)nc3c(-c4cnn(C(F)F)c4)cnn23)cc1. The standard InChI is InChI=1S/C21H22F2N8O2/c1-32-16-4-2-14(3-5-16)10-24-20-28-21(29-6-8-33-9-7-29)27-18-17(12-26-31(18)20)15-11-25-30(13-15)19(22)23/h2-5,11-13,19H,6-10H2,1H3,(H,24,27,28). The number of alkyl halides is 2. The predicted molar refractivity (Wildman–Crippen MR) is 117 cm³/mol. The highest BCUT2D eigenvalue weighted by atomic mass is 19.3. The average Bonchev–Trinajstić information content (AvgIpc) is 3.51. The monoisotopic (exact) mass is 456 g/mol. The number of anilines is 2. The van der Waals surface area contributed by atoms with Crippen LogP contribution >= 0.6 is 0 Å². The summed E-state index contributed by atoms with van der Waals surface area (Å²) >= 11 is 0. The number of hydrogen-bond donors (Lipinski definition) is 1. The molecule has 12 heteroatoms. The molecule has 1 N–H and O–H groups in total. The van der Waals surface area contributed by atoms with Gasteiger partial charge in [-0.15, -0.1) is 0 Å². The smallest absolute Gasteiger partial charge is 0.333 e. The van der Waals surface area contributed by atoms with Crippen molar-refractivity contribution in [2.24, 2.45) is 0 Å². The Morgan fingerprint density at radius 3 is 2.58 bits per heavy atom. The first-order valence-corrected chi connectivity index (χ1v) is 10.4. The Morgan fingerprint density at radius 1 is 1.09 bits per heavy atom. The van der Waals surface area contributed by atoms with Gasteiger partial charge in [-0.2, -0.15) is 33.5 Å². The second kappa shape index (κ2) is 8.98. The maximum absolute atomic E-state index is 13.0. The molecule has 5 rings (SSSR count). The van der Waals surface area contributed by atoms with E-state index in [1.54, 1.807) is 17.8 Å². The number of hydrogen-bond acceptors (Lipinski definition) is 8. The Balaban J connectivity index is 1.52. The third-order valence-electron chi connectivity index (χ3n) is 5.37. The summed E-state index contributed by atoms with van der Waals surface area (Å²) < 4.78 is 38.9. The zero-order valence-electron chi connectivity index (χ0n) is 17.9. The lowest BCUT2D eigenvalue weighted by Crippen LogP contribution is -2.37. The van der Waals surface area contributed by atoms with Crippen molar-refractivity contribution in [2.45, 2.75) is 13.1 Å². The van der Waals surface area contributed by atoms with Gasteiger partial charge in [-0.25, -0.2) is 4.68 Å². The number of morpholine rings is 1. The lowest BCUT2D eigenvalue weighted by atomic mass is 10.2. The fourth-order valence-corrected chi connectivity index (χ4v) is 3.60. The quantitative estimate of drug-likeness (QED) is 0.454. The molecule has 1 aliphatic rings. The van der Waals surface area contributed by atoms with Gasteiger partial charge in [0, 0.05) is 37.0 Å². The minimum Gasteiger partial charge on any atom is -0.497 e. The molecule has 1 saturated heterocycles. The molecule has 0 radical (unpaired) electrons. The highest BCUT2D eigenvalue weighted by molar-refractivity contribution is 5.77. The minimum absolute atomic E-state index is 0.491. The summed E-state index contributed by atoms with van der Waals surface area (Å²) in [5.41, 5.74) is 2.61. The Morgan fingerprint density at radius 2 is 1.88 bits per heavy atom. The van der Waals surface area contributed by atoms with Crippen LogP contribution in [0.4, 0.5) is 20.7 Å². The van der Waals surface area contributed by atoms with Gasteiger partial charge in [0.15, 0.2) is 5.65 Å². The fourth-order valence-electron chi connectivity index (χ4n) is 3.60. The van der Waals surface area contributed by atoms with Crippen molar-refractivity contribution in [1.82, 2.24) is 29.4 Å². The van der Waals surface area contributed by atoms with Gasteiger partial charge in [0.25, 0.3) is 0 Å². The van der Waals surface area contributed by atoms with Crippen molar-refractivity contribution < 1.29 is 18.3 Å². The van der Waals surface area contributed by atoms with Crippen molar-refractivity contribution in [1.29, 1.82) is 0 Å². The Labute approximate surface area is 187 Å². The van der Waals surface area contributed by atoms with Crippen LogP contribution in [-0.2, 0) is 11.3 Å². The van der Waals surface area contributed by atoms with E-state index >= 15 is 0 Å². The molecule has 4 aromatic rings. The number of halogens is 2. The third kappa shape index (κ3) is 4.29. The van der Waals surface area contributed by atoms with Crippen molar-refractivity contribution in [3.05, 3.63) is 48.4 Å². The van der Waals surface area contributed by atoms with Gasteiger partial charge in [0.05, 0.1) is 32.7 Å². The lowest BCUT2D eigenvalue weighted by Gasteiger charge is -2.27. The van der Waals surface area contributed by atoms with Gasteiger partial charge in [0.1, 0.15) is 5.75 Å². The molecule has 0 unspecified atom stereocenters. The number of nitrogens with one attached hydrogen (secondary N) is 1. The summed E-state index contributed by atoms with van der Waals surface area (Å²) in [4.78, 5) is 11.4. The van der Waals surface area contributed by atoms with Crippen LogP contribution in [0.3, 0.4) is 0 Å². The Bertz CT molecular complexity index is 1240. The summed E-state index contributed by atoms with van der Waals surface area (Å²) in [5.74, 6) is 1.79. The molecule has 1 fully saturated rings. The van der Waals surface area contributed by atoms with Crippen LogP contribution in [0.15, 0.2) is 42.9 Å². The average molecular weight is 456 g/mol. The Hall–Kier alpha value is -3.80. The van der Waals surface area contributed by atoms with Crippen molar-refractivity contribution >= 4 is 17.5 Å². The summed E-state index contributed by atoms with van der Waals surface area (Å²) in [6, 6.07) is 7.69. The predicted octanol–water partition coefficient (Wildman–Crippen LogP) is 2.84. The first-order valence-electron chi connectivity index (χ1n) is 10.4. The highest BCUT2D eigenvalue weighted by Crippen LogP contribution is 2.27. The summed E-state index contributed by atoms with van der Waals surface area (Å²) in [5, 5.41) is 11.5. The van der Waals surface area contributed by atoms with Crippen molar-refractivity contribution in [3.8, 4) is 16.9 Å². The fraction of sp³-hybridized carbons (Fsp3) is 0.333. The first-order chi connectivity index (χ1) is 16.1. The van der Waals surface area contributed by atoms with Crippen LogP contribution in [0.5, 0.6) is 5.75 Å². The molecule has 0 bridgehead atoms. The van der Waals surface area contributed by atoms with Gasteiger partial charge in [-0.1, -0.05) is 12.1 Å². The summed E-state index contributed by atoms with van der Waals surface area (Å²) in [7, 11) is 1.62. The molecule has 10 nitrogen and oxygen atoms in total. The third-order valence-corrected chi connectivity index (χ3v) is 5.37. The second-order valence-corrected chi connectivity index (χ2v) is 7.43. The molecule has 0 atom stereocenters. The van der Waals surface area contributed by atoms with E-state index < -0.39 is 6.55 Å². The van der Waals surface area contributed by atoms with Crippen LogP contribution in [0.2, 0.25) is 0 Å². The van der Waals surface area contributed by atoms with E-state index in [1.165, 1.54) is 12.4 Å². The van der Waals surface area contributed by atoms with Crippen LogP contribution < -0.4 is 15.0 Å². The van der Waals surface area contributed by atoms with Crippen LogP contribution in [0, 0.1) is 0 Å². The molecular weight excluding hydrogens is 434 g/mol. The van der Waals surface area contributed by atoms with Gasteiger partial charge in [0.2, 0.25) is 11.9 Å². The summed E-state index contributed by atoms with van der Waals surface area (Å²) in [6.45, 7) is 0.243. The molecule has 0 aliphatic carbocycles. The summed E-state index contributed by atoms with van der Waals surface area (Å²) in [6.07, 6.45) is 4.24. The number of nitrogens with zero attached hydrogens (tertiary/aromatic N) is 7. The first kappa shape index (κ1) is 21.1. The maximum atomic E-state index is 13.0. The van der Waals surface area contributed by atoms with Crippen molar-refractivity contribution in [3.63, 3.8) is 0 Å². The van der Waals surface area contributed by atoms with Crippen LogP contribution in [-0.4, -0.2) is 62.8 Å². The number of rotatable bonds is 7. The molecule has 1 aromatic carbocycles. The van der Waals surface area contributed by atoms with Crippen molar-refractivity contribution in [2.75, 3.05) is 43.6 Å². The number of benzene rings is 1.